The van der Waals surface area contributed by atoms with Crippen LogP contribution in [0.5, 0.6) is 0 Å². The number of piperazine rings is 1. The van der Waals surface area contributed by atoms with Crippen molar-refractivity contribution >= 4 is 41.2 Å². The highest BCUT2D eigenvalue weighted by Gasteiger charge is 2.42. The zero-order valence-corrected chi connectivity index (χ0v) is 19.0. The maximum absolute atomic E-state index is 12.7. The van der Waals surface area contributed by atoms with E-state index in [0.717, 1.165) is 12.0 Å². The molecule has 2 heterocycles. The fourth-order valence-corrected chi connectivity index (χ4v) is 5.35. The van der Waals surface area contributed by atoms with Crippen molar-refractivity contribution in [3.05, 3.63) is 65.2 Å². The first-order chi connectivity index (χ1) is 15.0. The number of thioether (sulfide) groups is 2. The second-order valence-electron chi connectivity index (χ2n) is 7.62. The molecule has 0 aromatic heterocycles. The first-order valence-electron chi connectivity index (χ1n) is 10.2. The van der Waals surface area contributed by atoms with Gasteiger partial charge in [-0.3, -0.25) is 14.4 Å². The van der Waals surface area contributed by atoms with Crippen molar-refractivity contribution in [2.45, 2.75) is 23.9 Å². The molecular weight excluding hydrogens is 430 g/mol. The Bertz CT molecular complexity index is 963. The van der Waals surface area contributed by atoms with Gasteiger partial charge >= 0.3 is 0 Å². The number of fused-ring (bicyclic) bond motifs is 1. The third kappa shape index (κ3) is 5.07. The van der Waals surface area contributed by atoms with Crippen molar-refractivity contribution in [3.8, 4) is 0 Å². The maximum atomic E-state index is 12.7. The Balaban J connectivity index is 1.28. The molecule has 1 N–H and O–H groups in total. The minimum Gasteiger partial charge on any atom is -0.352 e. The van der Waals surface area contributed by atoms with E-state index < -0.39 is 0 Å². The number of rotatable bonds is 7. The summed E-state index contributed by atoms with van der Waals surface area (Å²) >= 11 is 3.33. The van der Waals surface area contributed by atoms with Gasteiger partial charge < -0.3 is 15.1 Å². The average molecular weight is 456 g/mol. The van der Waals surface area contributed by atoms with E-state index in [2.05, 4.69) is 29.6 Å². The Morgan fingerprint density at radius 3 is 2.52 bits per heavy atom. The molecule has 31 heavy (non-hydrogen) atoms. The standard InChI is InChI=1S/C23H25N3O3S2/c1-30-19-8-4-16(5-9-19)10-11-24-22(28)18-6-2-17(3-7-18)12-25-13-21(27)26-15-31-14-20(26)23(25)29/h2-9,20H,10-15H2,1H3,(H,24,28)/t20-/m0/s1. The van der Waals surface area contributed by atoms with Gasteiger partial charge in [0.25, 0.3) is 5.91 Å². The number of hydrogen-bond acceptors (Lipinski definition) is 5. The van der Waals surface area contributed by atoms with Gasteiger partial charge in [-0.15, -0.1) is 23.5 Å². The molecular formula is C23H25N3O3S2. The van der Waals surface area contributed by atoms with E-state index in [4.69, 9.17) is 0 Å². The predicted molar refractivity (Wildman–Crippen MR) is 124 cm³/mol. The average Bonchev–Trinajstić information content (AvgIpc) is 3.29. The normalized spacial score (nSPS) is 18.3. The highest BCUT2D eigenvalue weighted by Crippen LogP contribution is 2.26. The van der Waals surface area contributed by atoms with Crippen LogP contribution in [0.1, 0.15) is 21.5 Å². The van der Waals surface area contributed by atoms with E-state index >= 15 is 0 Å². The van der Waals surface area contributed by atoms with Gasteiger partial charge in [0.1, 0.15) is 12.6 Å². The first-order valence-corrected chi connectivity index (χ1v) is 12.6. The molecule has 162 valence electrons. The molecule has 2 aliphatic heterocycles. The lowest BCUT2D eigenvalue weighted by atomic mass is 10.1. The predicted octanol–water partition coefficient (Wildman–Crippen LogP) is 2.62. The van der Waals surface area contributed by atoms with Crippen molar-refractivity contribution in [2.24, 2.45) is 0 Å². The lowest BCUT2D eigenvalue weighted by molar-refractivity contribution is -0.153. The maximum Gasteiger partial charge on any atom is 0.251 e. The van der Waals surface area contributed by atoms with E-state index in [0.29, 0.717) is 30.3 Å². The Morgan fingerprint density at radius 2 is 1.81 bits per heavy atom. The van der Waals surface area contributed by atoms with Crippen molar-refractivity contribution in [1.29, 1.82) is 0 Å². The number of amides is 3. The molecule has 6 nitrogen and oxygen atoms in total. The van der Waals surface area contributed by atoms with E-state index in [9.17, 15) is 14.4 Å². The van der Waals surface area contributed by atoms with Gasteiger partial charge in [-0.1, -0.05) is 24.3 Å². The molecule has 0 spiro atoms. The summed E-state index contributed by atoms with van der Waals surface area (Å²) in [5.41, 5.74) is 2.68. The molecule has 2 aliphatic rings. The molecule has 2 aromatic rings. The highest BCUT2D eigenvalue weighted by atomic mass is 32.2. The van der Waals surface area contributed by atoms with Gasteiger partial charge in [0, 0.05) is 29.3 Å². The molecule has 1 atom stereocenters. The summed E-state index contributed by atoms with van der Waals surface area (Å²) in [5, 5.41) is 2.95. The Morgan fingerprint density at radius 1 is 1.10 bits per heavy atom. The van der Waals surface area contributed by atoms with E-state index in [1.165, 1.54) is 10.5 Å². The topological polar surface area (TPSA) is 69.7 Å². The summed E-state index contributed by atoms with van der Waals surface area (Å²) in [7, 11) is 0. The molecule has 0 radical (unpaired) electrons. The lowest BCUT2D eigenvalue weighted by Crippen LogP contribution is -2.57. The number of nitrogens with zero attached hydrogens (tertiary/aromatic N) is 2. The van der Waals surface area contributed by atoms with Crippen molar-refractivity contribution in [1.82, 2.24) is 15.1 Å². The number of nitrogens with one attached hydrogen (secondary N) is 1. The largest absolute Gasteiger partial charge is 0.352 e. The zero-order valence-electron chi connectivity index (χ0n) is 17.4. The quantitative estimate of drug-likeness (QED) is 0.650. The van der Waals surface area contributed by atoms with Crippen molar-refractivity contribution in [2.75, 3.05) is 31.0 Å². The van der Waals surface area contributed by atoms with Gasteiger partial charge in [-0.05, 0) is 48.1 Å². The number of benzene rings is 2. The monoisotopic (exact) mass is 455 g/mol. The summed E-state index contributed by atoms with van der Waals surface area (Å²) in [6, 6.07) is 15.3. The highest BCUT2D eigenvalue weighted by molar-refractivity contribution is 7.99. The molecule has 2 fully saturated rings. The molecule has 0 saturated carbocycles. The fourth-order valence-electron chi connectivity index (χ4n) is 3.77. The molecule has 4 rings (SSSR count). The zero-order chi connectivity index (χ0) is 21.8. The summed E-state index contributed by atoms with van der Waals surface area (Å²) < 4.78 is 0. The fraction of sp³-hybridized carbons (Fsp3) is 0.348. The summed E-state index contributed by atoms with van der Waals surface area (Å²) in [4.78, 5) is 41.9. The Hall–Kier alpha value is -2.45. The molecule has 8 heteroatoms. The van der Waals surface area contributed by atoms with Crippen molar-refractivity contribution < 1.29 is 14.4 Å². The first kappa shape index (κ1) is 21.8. The van der Waals surface area contributed by atoms with E-state index in [-0.39, 0.29) is 30.3 Å². The second kappa shape index (κ2) is 9.78. The minimum absolute atomic E-state index is 0.00804. The summed E-state index contributed by atoms with van der Waals surface area (Å²) in [5.74, 6) is 1.18. The Kier molecular flexibility index (Phi) is 6.87. The summed E-state index contributed by atoms with van der Waals surface area (Å²) in [6.45, 7) is 1.07. The van der Waals surface area contributed by atoms with Gasteiger partial charge in [-0.25, -0.2) is 0 Å². The molecule has 0 aliphatic carbocycles. The third-order valence-electron chi connectivity index (χ3n) is 5.57. The van der Waals surface area contributed by atoms with Crippen LogP contribution < -0.4 is 5.32 Å². The molecule has 3 amide bonds. The van der Waals surface area contributed by atoms with Gasteiger partial charge in [-0.2, -0.15) is 0 Å². The number of carbonyl (C=O) groups is 3. The van der Waals surface area contributed by atoms with Gasteiger partial charge in [0.15, 0.2) is 0 Å². The van der Waals surface area contributed by atoms with Crippen LogP contribution in [0.3, 0.4) is 0 Å². The smallest absolute Gasteiger partial charge is 0.251 e. The molecule has 2 saturated heterocycles. The Labute approximate surface area is 190 Å². The lowest BCUT2D eigenvalue weighted by Gasteiger charge is -2.35. The van der Waals surface area contributed by atoms with Crippen molar-refractivity contribution in [3.63, 3.8) is 0 Å². The van der Waals surface area contributed by atoms with Crippen LogP contribution in [-0.4, -0.2) is 64.5 Å². The van der Waals surface area contributed by atoms with Crippen LogP contribution in [0.2, 0.25) is 0 Å². The van der Waals surface area contributed by atoms with E-state index in [1.807, 2.05) is 18.4 Å². The summed E-state index contributed by atoms with van der Waals surface area (Å²) in [6.07, 6.45) is 2.83. The molecule has 0 unspecified atom stereocenters. The van der Waals surface area contributed by atoms with Crippen LogP contribution in [-0.2, 0) is 22.6 Å². The minimum atomic E-state index is -0.326. The van der Waals surface area contributed by atoms with Gasteiger partial charge in [0.2, 0.25) is 11.8 Å². The van der Waals surface area contributed by atoms with Crippen LogP contribution in [0.25, 0.3) is 0 Å². The number of hydrogen-bond donors (Lipinski definition) is 1. The third-order valence-corrected chi connectivity index (χ3v) is 7.33. The second-order valence-corrected chi connectivity index (χ2v) is 9.50. The number of carbonyl (C=O) groups excluding carboxylic acids is 3. The SMILES string of the molecule is CSc1ccc(CCNC(=O)c2ccc(CN3CC(=O)N4CSC[C@H]4C3=O)cc2)cc1. The van der Waals surface area contributed by atoms with Crippen LogP contribution >= 0.6 is 23.5 Å². The van der Waals surface area contributed by atoms with Crippen LogP contribution in [0.15, 0.2) is 53.4 Å². The van der Waals surface area contributed by atoms with Crippen LogP contribution in [0, 0.1) is 0 Å². The van der Waals surface area contributed by atoms with Crippen LogP contribution in [0.4, 0.5) is 0 Å². The molecule has 0 bridgehead atoms. The van der Waals surface area contributed by atoms with E-state index in [1.54, 1.807) is 45.5 Å². The van der Waals surface area contributed by atoms with Gasteiger partial charge in [0.05, 0.1) is 5.88 Å². The molecule has 2 aromatic carbocycles.